The van der Waals surface area contributed by atoms with E-state index in [0.29, 0.717) is 36.3 Å². The van der Waals surface area contributed by atoms with E-state index in [1.807, 2.05) is 4.90 Å². The van der Waals surface area contributed by atoms with Crippen molar-refractivity contribution in [2.75, 3.05) is 39.4 Å². The van der Waals surface area contributed by atoms with Crippen LogP contribution in [0.25, 0.3) is 0 Å². The quantitative estimate of drug-likeness (QED) is 0.729. The lowest BCUT2D eigenvalue weighted by molar-refractivity contribution is -0.132. The van der Waals surface area contributed by atoms with Gasteiger partial charge >= 0.3 is 0 Å². The Morgan fingerprint density at radius 3 is 2.36 bits per heavy atom. The molecule has 0 N–H and O–H groups in total. The molecule has 0 saturated carbocycles. The van der Waals surface area contributed by atoms with Crippen molar-refractivity contribution in [1.29, 1.82) is 0 Å². The van der Waals surface area contributed by atoms with E-state index in [0.717, 1.165) is 32.4 Å². The number of hydrogen-bond acceptors (Lipinski definition) is 5. The summed E-state index contributed by atoms with van der Waals surface area (Å²) in [5, 5.41) is 0. The van der Waals surface area contributed by atoms with Crippen molar-refractivity contribution in [3.8, 4) is 11.5 Å². The van der Waals surface area contributed by atoms with Crippen LogP contribution in [-0.4, -0.2) is 66.9 Å². The Bertz CT molecular complexity index is 706. The summed E-state index contributed by atoms with van der Waals surface area (Å²) in [5.74, 6) is 1.39. The first-order valence-electron chi connectivity index (χ1n) is 10.7. The smallest absolute Gasteiger partial charge is 0.223 e. The van der Waals surface area contributed by atoms with Crippen LogP contribution in [0.2, 0.25) is 0 Å². The molecule has 2 saturated heterocycles. The van der Waals surface area contributed by atoms with Crippen LogP contribution in [0.3, 0.4) is 0 Å². The van der Waals surface area contributed by atoms with Gasteiger partial charge in [0, 0.05) is 44.0 Å². The number of Topliss-reactive ketones (excluding diaryl/α,β-unsaturated/α-hetero) is 1. The second kappa shape index (κ2) is 8.95. The number of piperidine rings is 1. The minimum absolute atomic E-state index is 0.0176. The lowest BCUT2D eigenvalue weighted by atomic mass is 10.0. The first-order chi connectivity index (χ1) is 13.7. The minimum Gasteiger partial charge on any atom is -0.490 e. The summed E-state index contributed by atoms with van der Waals surface area (Å²) in [5.41, 5.74) is 0.588. The van der Waals surface area contributed by atoms with Crippen LogP contribution in [-0.2, 0) is 4.79 Å². The molecule has 3 aliphatic heterocycles. The second-order valence-corrected chi connectivity index (χ2v) is 7.99. The normalized spacial score (nSPS) is 20.8. The maximum atomic E-state index is 12.6. The number of carbonyl (C=O) groups is 2. The average molecular weight is 386 g/mol. The molecule has 1 aromatic rings. The molecule has 0 aromatic heterocycles. The summed E-state index contributed by atoms with van der Waals surface area (Å²) in [4.78, 5) is 29.6. The molecule has 0 unspecified atom stereocenters. The third-order valence-electron chi connectivity index (χ3n) is 6.11. The molecule has 0 radical (unpaired) electrons. The van der Waals surface area contributed by atoms with Gasteiger partial charge in [0.2, 0.25) is 5.91 Å². The zero-order valence-corrected chi connectivity index (χ0v) is 16.5. The van der Waals surface area contributed by atoms with Crippen molar-refractivity contribution in [3.63, 3.8) is 0 Å². The molecule has 28 heavy (non-hydrogen) atoms. The van der Waals surface area contributed by atoms with E-state index in [2.05, 4.69) is 4.90 Å². The summed E-state index contributed by atoms with van der Waals surface area (Å²) >= 11 is 0. The zero-order valence-electron chi connectivity index (χ0n) is 16.5. The second-order valence-electron chi connectivity index (χ2n) is 7.99. The van der Waals surface area contributed by atoms with E-state index in [1.54, 1.807) is 18.2 Å². The summed E-state index contributed by atoms with van der Waals surface area (Å²) in [6, 6.07) is 5.94. The van der Waals surface area contributed by atoms with Gasteiger partial charge < -0.3 is 19.3 Å². The van der Waals surface area contributed by atoms with Crippen molar-refractivity contribution in [1.82, 2.24) is 9.80 Å². The molecule has 0 aliphatic carbocycles. The van der Waals surface area contributed by atoms with Gasteiger partial charge in [-0.05, 0) is 57.0 Å². The highest BCUT2D eigenvalue weighted by Gasteiger charge is 2.28. The number of carbonyl (C=O) groups excluding carboxylic acids is 2. The molecule has 0 atom stereocenters. The first kappa shape index (κ1) is 19.2. The van der Waals surface area contributed by atoms with Gasteiger partial charge in [-0.1, -0.05) is 0 Å². The van der Waals surface area contributed by atoms with Gasteiger partial charge in [-0.2, -0.15) is 0 Å². The predicted octanol–water partition coefficient (Wildman–Crippen LogP) is 2.90. The third-order valence-corrected chi connectivity index (χ3v) is 6.11. The summed E-state index contributed by atoms with van der Waals surface area (Å²) in [7, 11) is 0. The fourth-order valence-corrected chi connectivity index (χ4v) is 4.45. The topological polar surface area (TPSA) is 59.1 Å². The van der Waals surface area contributed by atoms with Crippen LogP contribution in [0.4, 0.5) is 0 Å². The molecule has 0 spiro atoms. The molecular weight excluding hydrogens is 356 g/mol. The third kappa shape index (κ3) is 4.49. The SMILES string of the molecule is O=C(CCC(=O)N1CCC(N2CCCC2)CC1)c1ccc2c(c1)OCCCO2. The van der Waals surface area contributed by atoms with Gasteiger partial charge in [-0.25, -0.2) is 0 Å². The Morgan fingerprint density at radius 2 is 1.61 bits per heavy atom. The van der Waals surface area contributed by atoms with E-state index >= 15 is 0 Å². The molecule has 6 nitrogen and oxygen atoms in total. The van der Waals surface area contributed by atoms with E-state index in [1.165, 1.54) is 25.9 Å². The van der Waals surface area contributed by atoms with E-state index < -0.39 is 0 Å². The van der Waals surface area contributed by atoms with Gasteiger partial charge in [0.25, 0.3) is 0 Å². The summed E-state index contributed by atoms with van der Waals surface area (Å²) in [6.45, 7) is 5.28. The Balaban J connectivity index is 1.25. The molecule has 1 aromatic carbocycles. The van der Waals surface area contributed by atoms with Crippen LogP contribution in [0.5, 0.6) is 11.5 Å². The van der Waals surface area contributed by atoms with Crippen molar-refractivity contribution in [3.05, 3.63) is 23.8 Å². The van der Waals surface area contributed by atoms with Crippen molar-refractivity contribution in [2.45, 2.75) is 51.0 Å². The number of benzene rings is 1. The number of ether oxygens (including phenoxy) is 2. The molecule has 3 heterocycles. The number of ketones is 1. The Morgan fingerprint density at radius 1 is 0.893 bits per heavy atom. The Labute approximate surface area is 166 Å². The number of hydrogen-bond donors (Lipinski definition) is 0. The molecule has 6 heteroatoms. The highest BCUT2D eigenvalue weighted by Crippen LogP contribution is 2.31. The summed E-state index contributed by atoms with van der Waals surface area (Å²) in [6.07, 6.45) is 6.08. The van der Waals surface area contributed by atoms with Gasteiger partial charge in [-0.3, -0.25) is 9.59 Å². The van der Waals surface area contributed by atoms with Crippen molar-refractivity contribution < 1.29 is 19.1 Å². The van der Waals surface area contributed by atoms with Crippen LogP contribution in [0.1, 0.15) is 55.3 Å². The van der Waals surface area contributed by atoms with Crippen molar-refractivity contribution >= 4 is 11.7 Å². The molecule has 3 aliphatic rings. The molecule has 152 valence electrons. The van der Waals surface area contributed by atoms with Gasteiger partial charge in [-0.15, -0.1) is 0 Å². The molecule has 4 rings (SSSR count). The summed E-state index contributed by atoms with van der Waals surface area (Å²) < 4.78 is 11.3. The fraction of sp³-hybridized carbons (Fsp3) is 0.636. The maximum Gasteiger partial charge on any atom is 0.223 e. The standard InChI is InChI=1S/C22H30N2O4/c25-19(17-4-6-20-21(16-17)28-15-3-14-27-20)5-7-22(26)24-12-8-18(9-13-24)23-10-1-2-11-23/h4,6,16,18H,1-3,5,7-15H2. The molecule has 0 bridgehead atoms. The predicted molar refractivity (Wildman–Crippen MR) is 106 cm³/mol. The minimum atomic E-state index is -0.0176. The molecule has 1 amide bonds. The van der Waals surface area contributed by atoms with Crippen LogP contribution in [0.15, 0.2) is 18.2 Å². The van der Waals surface area contributed by atoms with Gasteiger partial charge in [0.15, 0.2) is 17.3 Å². The highest BCUT2D eigenvalue weighted by molar-refractivity contribution is 5.98. The molecule has 2 fully saturated rings. The zero-order chi connectivity index (χ0) is 19.3. The van der Waals surface area contributed by atoms with E-state index in [-0.39, 0.29) is 24.5 Å². The van der Waals surface area contributed by atoms with Gasteiger partial charge in [0.05, 0.1) is 13.2 Å². The molecular formula is C22H30N2O4. The number of fused-ring (bicyclic) bond motifs is 1. The Hall–Kier alpha value is -2.08. The van der Waals surface area contributed by atoms with Crippen LogP contribution < -0.4 is 9.47 Å². The number of nitrogens with zero attached hydrogens (tertiary/aromatic N) is 2. The Kier molecular flexibility index (Phi) is 6.15. The fourth-order valence-electron chi connectivity index (χ4n) is 4.45. The van der Waals surface area contributed by atoms with E-state index in [9.17, 15) is 9.59 Å². The maximum absolute atomic E-state index is 12.6. The van der Waals surface area contributed by atoms with Crippen molar-refractivity contribution in [2.24, 2.45) is 0 Å². The lowest BCUT2D eigenvalue weighted by Gasteiger charge is -2.36. The monoisotopic (exact) mass is 386 g/mol. The van der Waals surface area contributed by atoms with Crippen LogP contribution in [0, 0.1) is 0 Å². The average Bonchev–Trinajstić information content (AvgIpc) is 3.17. The first-order valence-corrected chi connectivity index (χ1v) is 10.7. The highest BCUT2D eigenvalue weighted by atomic mass is 16.5. The number of likely N-dealkylation sites (tertiary alicyclic amines) is 2. The largest absolute Gasteiger partial charge is 0.490 e. The number of rotatable bonds is 5. The van der Waals surface area contributed by atoms with E-state index in [4.69, 9.17) is 9.47 Å². The lowest BCUT2D eigenvalue weighted by Crippen LogP contribution is -2.45. The van der Waals surface area contributed by atoms with Gasteiger partial charge in [0.1, 0.15) is 0 Å². The van der Waals surface area contributed by atoms with Crippen LogP contribution >= 0.6 is 0 Å². The number of amides is 1.